The number of nitrogens with zero attached hydrogens (tertiary/aromatic N) is 2. The van der Waals surface area contributed by atoms with Gasteiger partial charge in [0, 0.05) is 13.0 Å². The second-order valence-electron chi connectivity index (χ2n) is 3.76. The van der Waals surface area contributed by atoms with Gasteiger partial charge in [0.05, 0.1) is 15.7 Å². The number of thiazole rings is 1. The molecule has 2 N–H and O–H groups in total. The van der Waals surface area contributed by atoms with Gasteiger partial charge >= 0.3 is 0 Å². The molecule has 7 heteroatoms. The molecule has 1 aromatic rings. The van der Waals surface area contributed by atoms with Crippen molar-refractivity contribution in [1.29, 1.82) is 0 Å². The number of carbonyl (C=O) groups excluding carboxylic acids is 2. The highest BCUT2D eigenvalue weighted by Crippen LogP contribution is 2.30. The quantitative estimate of drug-likeness (QED) is 0.838. The molecule has 1 aromatic heterocycles. The van der Waals surface area contributed by atoms with Gasteiger partial charge in [-0.25, -0.2) is 4.98 Å². The first-order valence-electron chi connectivity index (χ1n) is 5.27. The molecule has 0 saturated carbocycles. The lowest BCUT2D eigenvalue weighted by atomic mass is 10.4. The second kappa shape index (κ2) is 5.05. The van der Waals surface area contributed by atoms with Crippen LogP contribution in [0.4, 0.5) is 5.13 Å². The summed E-state index contributed by atoms with van der Waals surface area (Å²) in [4.78, 5) is 28.6. The predicted octanol–water partition coefficient (Wildman–Crippen LogP) is 1.27. The molecule has 0 aliphatic carbocycles. The van der Waals surface area contributed by atoms with Crippen LogP contribution >= 0.6 is 23.1 Å². The maximum absolute atomic E-state index is 11.8. The van der Waals surface area contributed by atoms with Gasteiger partial charge in [0.25, 0.3) is 0 Å². The van der Waals surface area contributed by atoms with Crippen LogP contribution < -0.4 is 5.73 Å². The van der Waals surface area contributed by atoms with Crippen molar-refractivity contribution in [3.8, 4) is 0 Å². The fourth-order valence-corrected chi connectivity index (χ4v) is 3.55. The van der Waals surface area contributed by atoms with Crippen molar-refractivity contribution in [3.63, 3.8) is 0 Å². The molecule has 0 unspecified atom stereocenters. The van der Waals surface area contributed by atoms with E-state index in [1.807, 2.05) is 6.92 Å². The molecular weight excluding hydrogens is 258 g/mol. The molecule has 0 radical (unpaired) electrons. The van der Waals surface area contributed by atoms with Crippen LogP contribution in [0.25, 0.3) is 0 Å². The summed E-state index contributed by atoms with van der Waals surface area (Å²) < 4.78 is 0.947. The molecule has 2 rings (SSSR count). The largest absolute Gasteiger partial charge is 0.375 e. The Morgan fingerprint density at radius 2 is 2.41 bits per heavy atom. The average Bonchev–Trinajstić information content (AvgIpc) is 2.81. The smallest absolute Gasteiger partial charge is 0.239 e. The lowest BCUT2D eigenvalue weighted by molar-refractivity contribution is -0.140. The van der Waals surface area contributed by atoms with Gasteiger partial charge in [0.15, 0.2) is 5.13 Å². The Morgan fingerprint density at radius 1 is 1.65 bits per heavy atom. The first-order valence-corrected chi connectivity index (χ1v) is 7.07. The number of thioether (sulfide) groups is 1. The summed E-state index contributed by atoms with van der Waals surface area (Å²) in [5.41, 5.74) is 6.42. The second-order valence-corrected chi connectivity index (χ2v) is 6.03. The van der Waals surface area contributed by atoms with Crippen LogP contribution in [0.1, 0.15) is 18.5 Å². The van der Waals surface area contributed by atoms with Crippen molar-refractivity contribution in [1.82, 2.24) is 9.88 Å². The normalized spacial score (nSPS) is 15.6. The molecule has 0 spiro atoms. The summed E-state index contributed by atoms with van der Waals surface area (Å²) >= 11 is 2.77. The Bertz CT molecular complexity index is 458. The molecule has 2 amide bonds. The SMILES string of the molecule is Cc1nc(N)sc1SCC(=O)N1CCCC1=O. The van der Waals surface area contributed by atoms with Crippen molar-refractivity contribution >= 4 is 40.0 Å². The van der Waals surface area contributed by atoms with E-state index in [2.05, 4.69) is 4.98 Å². The topological polar surface area (TPSA) is 76.3 Å². The van der Waals surface area contributed by atoms with E-state index in [1.165, 1.54) is 28.0 Å². The Kier molecular flexibility index (Phi) is 3.68. The number of carbonyl (C=O) groups is 2. The van der Waals surface area contributed by atoms with Crippen LogP contribution in [-0.2, 0) is 9.59 Å². The number of aryl methyl sites for hydroxylation is 1. The number of aromatic nitrogens is 1. The van der Waals surface area contributed by atoms with E-state index in [0.717, 1.165) is 16.3 Å². The van der Waals surface area contributed by atoms with Gasteiger partial charge in [-0.1, -0.05) is 11.3 Å². The molecular formula is C10H13N3O2S2. The molecule has 1 fully saturated rings. The van der Waals surface area contributed by atoms with Crippen LogP contribution in [0.5, 0.6) is 0 Å². The van der Waals surface area contributed by atoms with E-state index >= 15 is 0 Å². The maximum Gasteiger partial charge on any atom is 0.239 e. The van der Waals surface area contributed by atoms with E-state index in [-0.39, 0.29) is 17.6 Å². The fourth-order valence-electron chi connectivity index (χ4n) is 1.65. The third-order valence-corrected chi connectivity index (χ3v) is 4.81. The molecule has 0 bridgehead atoms. The summed E-state index contributed by atoms with van der Waals surface area (Å²) in [5, 5.41) is 0.509. The molecule has 2 heterocycles. The van der Waals surface area contributed by atoms with Crippen molar-refractivity contribution in [2.75, 3.05) is 18.0 Å². The minimum Gasteiger partial charge on any atom is -0.375 e. The average molecular weight is 271 g/mol. The number of nitrogen functional groups attached to an aromatic ring is 1. The molecule has 1 aliphatic rings. The summed E-state index contributed by atoms with van der Waals surface area (Å²) in [6, 6.07) is 0. The van der Waals surface area contributed by atoms with Gasteiger partial charge < -0.3 is 5.73 Å². The number of anilines is 1. The summed E-state index contributed by atoms with van der Waals surface area (Å²) in [5.74, 6) is 0.0915. The zero-order valence-corrected chi connectivity index (χ0v) is 11.1. The van der Waals surface area contributed by atoms with Gasteiger partial charge in [-0.05, 0) is 13.3 Å². The highest BCUT2D eigenvalue weighted by Gasteiger charge is 2.26. The fraction of sp³-hybridized carbons (Fsp3) is 0.500. The van der Waals surface area contributed by atoms with Gasteiger partial charge in [0.2, 0.25) is 11.8 Å². The van der Waals surface area contributed by atoms with Crippen LogP contribution in [0.15, 0.2) is 4.21 Å². The van der Waals surface area contributed by atoms with Gasteiger partial charge in [-0.15, -0.1) is 11.8 Å². The number of hydrogen-bond acceptors (Lipinski definition) is 6. The van der Waals surface area contributed by atoms with Gasteiger partial charge in [-0.3, -0.25) is 14.5 Å². The number of hydrogen-bond donors (Lipinski definition) is 1. The van der Waals surface area contributed by atoms with E-state index in [0.29, 0.717) is 18.1 Å². The molecule has 17 heavy (non-hydrogen) atoms. The van der Waals surface area contributed by atoms with Gasteiger partial charge in [-0.2, -0.15) is 0 Å². The Labute approximate surface area is 107 Å². The first kappa shape index (κ1) is 12.4. The number of amides is 2. The van der Waals surface area contributed by atoms with Gasteiger partial charge in [0.1, 0.15) is 0 Å². The van der Waals surface area contributed by atoms with Crippen molar-refractivity contribution in [2.45, 2.75) is 24.0 Å². The predicted molar refractivity (Wildman–Crippen MR) is 67.9 cm³/mol. The van der Waals surface area contributed by atoms with E-state index in [1.54, 1.807) is 0 Å². The summed E-state index contributed by atoms with van der Waals surface area (Å²) in [6.07, 6.45) is 1.27. The van der Waals surface area contributed by atoms with Crippen LogP contribution in [0, 0.1) is 6.92 Å². The lowest BCUT2D eigenvalue weighted by Crippen LogP contribution is -2.33. The lowest BCUT2D eigenvalue weighted by Gasteiger charge is -2.12. The molecule has 92 valence electrons. The van der Waals surface area contributed by atoms with Crippen LogP contribution in [0.3, 0.4) is 0 Å². The minimum absolute atomic E-state index is 0.0591. The molecule has 0 atom stereocenters. The third-order valence-electron chi connectivity index (χ3n) is 2.47. The zero-order chi connectivity index (χ0) is 12.4. The van der Waals surface area contributed by atoms with Crippen LogP contribution in [0.2, 0.25) is 0 Å². The van der Waals surface area contributed by atoms with Crippen molar-refractivity contribution in [3.05, 3.63) is 5.69 Å². The minimum atomic E-state index is -0.121. The Hall–Kier alpha value is -1.08. The molecule has 0 aromatic carbocycles. The number of imide groups is 1. The highest BCUT2D eigenvalue weighted by molar-refractivity contribution is 8.01. The first-order chi connectivity index (χ1) is 8.08. The number of nitrogens with two attached hydrogens (primary N) is 1. The standard InChI is InChI=1S/C10H13N3O2S2/c1-6-9(17-10(11)12-6)16-5-8(15)13-4-2-3-7(13)14/h2-5H2,1H3,(H2,11,12). The van der Waals surface area contributed by atoms with E-state index in [9.17, 15) is 9.59 Å². The third kappa shape index (κ3) is 2.78. The number of likely N-dealkylation sites (tertiary alicyclic amines) is 1. The Morgan fingerprint density at radius 3 is 2.94 bits per heavy atom. The number of rotatable bonds is 3. The highest BCUT2D eigenvalue weighted by atomic mass is 32.2. The maximum atomic E-state index is 11.8. The molecule has 1 saturated heterocycles. The zero-order valence-electron chi connectivity index (χ0n) is 9.43. The molecule has 5 nitrogen and oxygen atoms in total. The monoisotopic (exact) mass is 271 g/mol. The summed E-state index contributed by atoms with van der Waals surface area (Å²) in [7, 11) is 0. The van der Waals surface area contributed by atoms with E-state index < -0.39 is 0 Å². The van der Waals surface area contributed by atoms with Crippen molar-refractivity contribution in [2.24, 2.45) is 0 Å². The summed E-state index contributed by atoms with van der Waals surface area (Å²) in [6.45, 7) is 2.42. The van der Waals surface area contributed by atoms with Crippen LogP contribution in [-0.4, -0.2) is 34.0 Å². The van der Waals surface area contributed by atoms with E-state index in [4.69, 9.17) is 5.73 Å². The van der Waals surface area contributed by atoms with Crippen molar-refractivity contribution < 1.29 is 9.59 Å². The Balaban J connectivity index is 1.92. The molecule has 1 aliphatic heterocycles.